The number of hydrogen-bond donors (Lipinski definition) is 5. The van der Waals surface area contributed by atoms with E-state index in [0.29, 0.717) is 0 Å². The number of esters is 1. The van der Waals surface area contributed by atoms with Gasteiger partial charge in [-0.15, -0.1) is 0 Å². The van der Waals surface area contributed by atoms with Crippen molar-refractivity contribution in [3.63, 3.8) is 0 Å². The van der Waals surface area contributed by atoms with E-state index in [1.54, 1.807) is 33.2 Å². The molecule has 0 saturated carbocycles. The average molecular weight is 652 g/mol. The number of aromatic nitrogens is 2. The maximum atomic E-state index is 14.0. The van der Waals surface area contributed by atoms with Gasteiger partial charge in [0.2, 0.25) is 11.8 Å². The van der Waals surface area contributed by atoms with Gasteiger partial charge in [-0.2, -0.15) is 0 Å². The third-order valence-electron chi connectivity index (χ3n) is 7.92. The Kier molecular flexibility index (Phi) is 10.5. The fraction of sp³-hybridized carbons (Fsp3) is 0.297. The van der Waals surface area contributed by atoms with Crippen LogP contribution in [0, 0.1) is 0 Å². The van der Waals surface area contributed by atoms with Crippen LogP contribution in [0.2, 0.25) is 0 Å². The number of fused-ring (bicyclic) bond motifs is 2. The fourth-order valence-corrected chi connectivity index (χ4v) is 5.64. The van der Waals surface area contributed by atoms with E-state index in [2.05, 4.69) is 25.9 Å². The van der Waals surface area contributed by atoms with Crippen LogP contribution in [-0.4, -0.2) is 64.7 Å². The fourth-order valence-electron chi connectivity index (χ4n) is 5.64. The Hall–Kier alpha value is -5.58. The highest BCUT2D eigenvalue weighted by Gasteiger charge is 2.32. The molecule has 0 radical (unpaired) electrons. The van der Waals surface area contributed by atoms with Crippen molar-refractivity contribution in [3.8, 4) is 0 Å². The van der Waals surface area contributed by atoms with Crippen molar-refractivity contribution in [3.05, 3.63) is 108 Å². The number of hydrogen-bond acceptors (Lipinski definition) is 6. The molecule has 2 heterocycles. The lowest BCUT2D eigenvalue weighted by molar-refractivity contribution is -0.145. The first-order valence-electron chi connectivity index (χ1n) is 15.8. The summed E-state index contributed by atoms with van der Waals surface area (Å²) in [5, 5.41) is 10.2. The molecule has 11 nitrogen and oxygen atoms in total. The maximum absolute atomic E-state index is 14.0. The standard InChI is InChI=1S/C37H41N5O6/c1-37(2,3)48-36(46)42-31(19-24-21-38-28-16-10-8-14-26(24)28)34(44)40-30(18-23-12-6-5-7-13-23)33(43)41-32(35(45)47-4)20-25-22-39-29-17-11-9-15-27(25)29/h5-17,21-22,30-32,38-39H,18-20H2,1-4H3,(H,40,44)(H,41,43)(H,42,46)/t30-,31-,32-/m0/s1. The van der Waals surface area contributed by atoms with Crippen LogP contribution in [0.3, 0.4) is 0 Å². The summed E-state index contributed by atoms with van der Waals surface area (Å²) in [6.45, 7) is 5.20. The number of carbonyl (C=O) groups is 4. The SMILES string of the molecule is COC(=O)[C@H](Cc1c[nH]c2ccccc12)NC(=O)[C@H](Cc1ccccc1)NC(=O)[C@H](Cc1c[nH]c2ccccc12)NC(=O)OC(C)(C)C. The summed E-state index contributed by atoms with van der Waals surface area (Å²) in [5.41, 5.74) is 3.40. The molecule has 3 atom stereocenters. The second kappa shape index (κ2) is 14.9. The lowest BCUT2D eigenvalue weighted by Crippen LogP contribution is -2.57. The average Bonchev–Trinajstić information content (AvgIpc) is 3.67. The van der Waals surface area contributed by atoms with Crippen LogP contribution in [0.15, 0.2) is 91.3 Å². The molecule has 0 saturated heterocycles. The number of H-pyrrole nitrogens is 2. The second-order valence-corrected chi connectivity index (χ2v) is 12.7. The minimum Gasteiger partial charge on any atom is -0.467 e. The third-order valence-corrected chi connectivity index (χ3v) is 7.92. The molecule has 5 N–H and O–H groups in total. The van der Waals surface area contributed by atoms with Crippen LogP contribution in [0.1, 0.15) is 37.5 Å². The summed E-state index contributed by atoms with van der Waals surface area (Å²) in [7, 11) is 1.26. The minimum atomic E-state index is -1.10. The molecule has 2 aromatic heterocycles. The van der Waals surface area contributed by atoms with E-state index in [-0.39, 0.29) is 19.3 Å². The number of aromatic amines is 2. The molecule has 0 aliphatic rings. The smallest absolute Gasteiger partial charge is 0.408 e. The predicted molar refractivity (Wildman–Crippen MR) is 183 cm³/mol. The van der Waals surface area contributed by atoms with Gasteiger partial charge >= 0.3 is 12.1 Å². The first kappa shape index (κ1) is 33.8. The molecule has 5 rings (SSSR count). The molecule has 3 amide bonds. The minimum absolute atomic E-state index is 0.125. The number of ether oxygens (including phenoxy) is 2. The zero-order chi connectivity index (χ0) is 34.3. The Morgan fingerprint density at radius 3 is 1.67 bits per heavy atom. The van der Waals surface area contributed by atoms with Crippen molar-refractivity contribution in [1.82, 2.24) is 25.9 Å². The molecule has 3 aromatic carbocycles. The topological polar surface area (TPSA) is 154 Å². The lowest BCUT2D eigenvalue weighted by Gasteiger charge is -2.26. The van der Waals surface area contributed by atoms with E-state index in [1.807, 2.05) is 78.9 Å². The van der Waals surface area contributed by atoms with Crippen molar-refractivity contribution in [2.45, 2.75) is 63.8 Å². The van der Waals surface area contributed by atoms with Gasteiger partial charge in [-0.25, -0.2) is 9.59 Å². The van der Waals surface area contributed by atoms with E-state index in [1.165, 1.54) is 7.11 Å². The molecule has 0 unspecified atom stereocenters. The molecule has 0 spiro atoms. The van der Waals surface area contributed by atoms with Gasteiger partial charge in [-0.05, 0) is 49.6 Å². The molecule has 0 bridgehead atoms. The summed E-state index contributed by atoms with van der Waals surface area (Å²) in [6, 6.07) is 21.3. The van der Waals surface area contributed by atoms with E-state index in [9.17, 15) is 19.2 Å². The molecular weight excluding hydrogens is 610 g/mol. The zero-order valence-electron chi connectivity index (χ0n) is 27.5. The van der Waals surface area contributed by atoms with Crippen LogP contribution in [0.25, 0.3) is 21.8 Å². The number of para-hydroxylation sites is 2. The quantitative estimate of drug-likeness (QED) is 0.123. The van der Waals surface area contributed by atoms with E-state index in [4.69, 9.17) is 9.47 Å². The molecule has 11 heteroatoms. The first-order valence-corrected chi connectivity index (χ1v) is 15.8. The zero-order valence-corrected chi connectivity index (χ0v) is 27.5. The van der Waals surface area contributed by atoms with Gasteiger partial charge in [0.1, 0.15) is 23.7 Å². The number of methoxy groups -OCH3 is 1. The van der Waals surface area contributed by atoms with E-state index in [0.717, 1.165) is 38.5 Å². The predicted octanol–water partition coefficient (Wildman–Crippen LogP) is 4.71. The normalized spacial score (nSPS) is 13.3. The van der Waals surface area contributed by atoms with Gasteiger partial charge in [0.15, 0.2) is 0 Å². The highest BCUT2D eigenvalue weighted by Crippen LogP contribution is 2.21. The van der Waals surface area contributed by atoms with Gasteiger partial charge in [0.25, 0.3) is 0 Å². The number of nitrogens with one attached hydrogen (secondary N) is 5. The molecule has 5 aromatic rings. The van der Waals surface area contributed by atoms with Crippen LogP contribution >= 0.6 is 0 Å². The Morgan fingerprint density at radius 2 is 1.12 bits per heavy atom. The highest BCUT2D eigenvalue weighted by atomic mass is 16.6. The van der Waals surface area contributed by atoms with Crippen LogP contribution in [-0.2, 0) is 43.1 Å². The van der Waals surface area contributed by atoms with Gasteiger partial charge < -0.3 is 35.4 Å². The van der Waals surface area contributed by atoms with Crippen molar-refractivity contribution in [1.29, 1.82) is 0 Å². The highest BCUT2D eigenvalue weighted by molar-refractivity contribution is 5.94. The molecular formula is C37H41N5O6. The molecule has 0 aliphatic carbocycles. The largest absolute Gasteiger partial charge is 0.467 e. The van der Waals surface area contributed by atoms with Crippen LogP contribution < -0.4 is 16.0 Å². The molecule has 250 valence electrons. The van der Waals surface area contributed by atoms with Crippen molar-refractivity contribution < 1.29 is 28.7 Å². The van der Waals surface area contributed by atoms with Crippen molar-refractivity contribution in [2.24, 2.45) is 0 Å². The number of carbonyl (C=O) groups excluding carboxylic acids is 4. The van der Waals surface area contributed by atoms with Gasteiger partial charge in [-0.3, -0.25) is 9.59 Å². The van der Waals surface area contributed by atoms with Gasteiger partial charge in [0.05, 0.1) is 7.11 Å². The lowest BCUT2D eigenvalue weighted by atomic mass is 10.0. The van der Waals surface area contributed by atoms with Crippen molar-refractivity contribution in [2.75, 3.05) is 7.11 Å². The molecule has 0 aliphatic heterocycles. The molecule has 0 fully saturated rings. The van der Waals surface area contributed by atoms with Gasteiger partial charge in [-0.1, -0.05) is 66.7 Å². The Balaban J connectivity index is 1.40. The van der Waals surface area contributed by atoms with Gasteiger partial charge in [0, 0.05) is 53.5 Å². The van der Waals surface area contributed by atoms with Crippen LogP contribution in [0.4, 0.5) is 4.79 Å². The maximum Gasteiger partial charge on any atom is 0.408 e. The monoisotopic (exact) mass is 651 g/mol. The molecule has 48 heavy (non-hydrogen) atoms. The summed E-state index contributed by atoms with van der Waals surface area (Å²) in [5.74, 6) is -1.79. The Labute approximate surface area is 278 Å². The number of benzene rings is 3. The third kappa shape index (κ3) is 8.61. The van der Waals surface area contributed by atoms with E-state index < -0.39 is 47.6 Å². The number of rotatable bonds is 12. The van der Waals surface area contributed by atoms with E-state index >= 15 is 0 Å². The number of amides is 3. The summed E-state index contributed by atoms with van der Waals surface area (Å²) >= 11 is 0. The van der Waals surface area contributed by atoms with Crippen LogP contribution in [0.5, 0.6) is 0 Å². The number of alkyl carbamates (subject to hydrolysis) is 1. The second-order valence-electron chi connectivity index (χ2n) is 12.7. The first-order chi connectivity index (χ1) is 23.0. The summed E-state index contributed by atoms with van der Waals surface area (Å²) in [4.78, 5) is 60.2. The van der Waals surface area contributed by atoms with Crippen molar-refractivity contribution >= 4 is 45.7 Å². The summed E-state index contributed by atoms with van der Waals surface area (Å²) in [6.07, 6.45) is 3.25. The Bertz CT molecular complexity index is 1890. The Morgan fingerprint density at radius 1 is 0.646 bits per heavy atom. The summed E-state index contributed by atoms with van der Waals surface area (Å²) < 4.78 is 10.5.